The summed E-state index contributed by atoms with van der Waals surface area (Å²) in [7, 11) is 13.2. The number of rotatable bonds is 28. The van der Waals surface area contributed by atoms with Crippen molar-refractivity contribution in [1.29, 1.82) is 0 Å². The lowest BCUT2D eigenvalue weighted by atomic mass is 9.97. The quantitative estimate of drug-likeness (QED) is 0.0473. The standard InChI is InChI=1S/C33H50N2O5.C19H23NO4.BrH/c1-7-27(36)25-40-28-19-17-26(18-20-28)33(30-22-21-29(38-5)24-31(30)39-6)34-32(37)16-14-12-10-8-9-11-13-15-23-35(2,3)4;1-4-14(21)12-24-15-7-5-13(6-8-15)19(20)17-10-9-16(22-2)11-18(17)23-3;/h17-22,24,33H,7-16,23,25H2,1-6H3;5-11,19H,4,12,20H2,1-3H3;1H. The first-order chi connectivity index (χ1) is 30.7. The van der Waals surface area contributed by atoms with Crippen LogP contribution >= 0.6 is 0 Å². The molecule has 0 aliphatic carbocycles. The third-order valence-electron chi connectivity index (χ3n) is 10.9. The number of nitrogens with zero attached hydrogens (tertiary/aromatic N) is 1. The Hall–Kier alpha value is -5.11. The van der Waals surface area contributed by atoms with Crippen LogP contribution in [0.1, 0.15) is 119 Å². The first-order valence-electron chi connectivity index (χ1n) is 22.5. The Balaban J connectivity index is 0.000000495. The highest BCUT2D eigenvalue weighted by Gasteiger charge is 2.22. The highest BCUT2D eigenvalue weighted by atomic mass is 79.9. The van der Waals surface area contributed by atoms with E-state index in [2.05, 4.69) is 26.5 Å². The molecular weight excluding hydrogens is 890 g/mol. The molecule has 4 aromatic rings. The van der Waals surface area contributed by atoms with E-state index in [1.807, 2.05) is 98.8 Å². The maximum atomic E-state index is 13.0. The molecule has 0 fully saturated rings. The lowest BCUT2D eigenvalue weighted by Gasteiger charge is -2.23. The summed E-state index contributed by atoms with van der Waals surface area (Å²) in [4.78, 5) is 36.0. The van der Waals surface area contributed by atoms with Gasteiger partial charge in [-0.2, -0.15) is 0 Å². The number of quaternary nitrogens is 1. The highest BCUT2D eigenvalue weighted by molar-refractivity contribution is 5.80. The molecule has 13 heteroatoms. The van der Waals surface area contributed by atoms with Crippen LogP contribution in [0.3, 0.4) is 0 Å². The lowest BCUT2D eigenvalue weighted by molar-refractivity contribution is -0.870. The molecule has 12 nitrogen and oxygen atoms in total. The van der Waals surface area contributed by atoms with Crippen molar-refractivity contribution in [3.8, 4) is 34.5 Å². The molecule has 358 valence electrons. The monoisotopic (exact) mass is 963 g/mol. The van der Waals surface area contributed by atoms with Gasteiger partial charge in [0, 0.05) is 42.5 Å². The van der Waals surface area contributed by atoms with Crippen molar-refractivity contribution in [2.75, 3.05) is 69.3 Å². The Morgan fingerprint density at radius 1 is 0.554 bits per heavy atom. The van der Waals surface area contributed by atoms with Gasteiger partial charge >= 0.3 is 0 Å². The number of ketones is 2. The van der Waals surface area contributed by atoms with Gasteiger partial charge in [-0.1, -0.05) is 70.2 Å². The number of methoxy groups -OCH3 is 4. The summed E-state index contributed by atoms with van der Waals surface area (Å²) in [6.07, 6.45) is 10.9. The Morgan fingerprint density at radius 3 is 1.42 bits per heavy atom. The van der Waals surface area contributed by atoms with E-state index >= 15 is 0 Å². The summed E-state index contributed by atoms with van der Waals surface area (Å²) in [5, 5.41) is 3.22. The molecule has 0 radical (unpaired) electrons. The highest BCUT2D eigenvalue weighted by Crippen LogP contribution is 2.35. The predicted molar refractivity (Wildman–Crippen MR) is 254 cm³/mol. The fourth-order valence-electron chi connectivity index (χ4n) is 6.88. The van der Waals surface area contributed by atoms with Gasteiger partial charge in [-0.3, -0.25) is 14.4 Å². The molecule has 0 bridgehead atoms. The summed E-state index contributed by atoms with van der Waals surface area (Å²) >= 11 is 0. The van der Waals surface area contributed by atoms with Gasteiger partial charge in [0.1, 0.15) is 47.7 Å². The maximum absolute atomic E-state index is 13.0. The first-order valence-corrected chi connectivity index (χ1v) is 22.5. The number of ether oxygens (including phenoxy) is 6. The van der Waals surface area contributed by atoms with Crippen molar-refractivity contribution in [2.45, 2.75) is 96.6 Å². The number of unbranched alkanes of at least 4 members (excludes halogenated alkanes) is 7. The number of nitrogens with two attached hydrogens (primary N) is 1. The van der Waals surface area contributed by atoms with Crippen LogP contribution in [-0.2, 0) is 14.4 Å². The largest absolute Gasteiger partial charge is 1.00 e. The van der Waals surface area contributed by atoms with Gasteiger partial charge < -0.3 is 60.9 Å². The minimum absolute atomic E-state index is 0. The minimum atomic E-state index is -0.397. The number of benzene rings is 4. The molecule has 4 aromatic carbocycles. The van der Waals surface area contributed by atoms with Crippen LogP contribution in [-0.4, -0.2) is 91.3 Å². The molecule has 2 unspecified atom stereocenters. The average Bonchev–Trinajstić information content (AvgIpc) is 3.31. The van der Waals surface area contributed by atoms with Crippen molar-refractivity contribution >= 4 is 17.5 Å². The molecule has 0 spiro atoms. The van der Waals surface area contributed by atoms with Crippen LogP contribution in [0.4, 0.5) is 0 Å². The third kappa shape index (κ3) is 20.3. The number of nitrogens with one attached hydrogen (secondary N) is 1. The molecule has 4 rings (SSSR count). The summed E-state index contributed by atoms with van der Waals surface area (Å²) in [5.41, 5.74) is 9.90. The van der Waals surface area contributed by atoms with Gasteiger partial charge in [0.25, 0.3) is 0 Å². The Bertz CT molecular complexity index is 2000. The van der Waals surface area contributed by atoms with Gasteiger partial charge in [0.2, 0.25) is 5.91 Å². The number of carbonyl (C=O) groups excluding carboxylic acids is 3. The Kier molecular flexibility index (Phi) is 26.0. The molecule has 0 heterocycles. The Morgan fingerprint density at radius 2 is 0.969 bits per heavy atom. The summed E-state index contributed by atoms with van der Waals surface area (Å²) < 4.78 is 33.7. The zero-order valence-corrected chi connectivity index (χ0v) is 41.8. The number of Topliss-reactive ketones (excluding diaryl/α,β-unsaturated/α-hetero) is 2. The van der Waals surface area contributed by atoms with E-state index in [0.29, 0.717) is 53.8 Å². The van der Waals surface area contributed by atoms with Crippen LogP contribution in [0.15, 0.2) is 84.9 Å². The number of carbonyl (C=O) groups is 3. The van der Waals surface area contributed by atoms with Crippen LogP contribution in [0.25, 0.3) is 0 Å². The molecule has 0 aromatic heterocycles. The summed E-state index contributed by atoms with van der Waals surface area (Å²) in [5.74, 6) is 4.11. The molecule has 3 N–H and O–H groups in total. The van der Waals surface area contributed by atoms with Crippen LogP contribution in [0.2, 0.25) is 0 Å². The van der Waals surface area contributed by atoms with Crippen molar-refractivity contribution < 1.29 is 64.3 Å². The Labute approximate surface area is 398 Å². The van der Waals surface area contributed by atoms with E-state index in [1.165, 1.54) is 45.1 Å². The molecule has 2 atom stereocenters. The zero-order chi connectivity index (χ0) is 46.9. The van der Waals surface area contributed by atoms with Crippen LogP contribution < -0.4 is 56.5 Å². The van der Waals surface area contributed by atoms with E-state index in [4.69, 9.17) is 34.2 Å². The molecule has 0 aliphatic heterocycles. The number of amides is 1. The molecule has 65 heavy (non-hydrogen) atoms. The van der Waals surface area contributed by atoms with E-state index in [0.717, 1.165) is 39.6 Å². The lowest BCUT2D eigenvalue weighted by Crippen LogP contribution is -3.00. The first kappa shape index (κ1) is 56.0. The number of hydrogen-bond donors (Lipinski definition) is 2. The van der Waals surface area contributed by atoms with Crippen molar-refractivity contribution in [2.24, 2.45) is 5.73 Å². The normalized spacial score (nSPS) is 11.7. The molecule has 0 aliphatic rings. The number of halogens is 1. The van der Waals surface area contributed by atoms with Gasteiger partial charge in [-0.15, -0.1) is 0 Å². The average molecular weight is 965 g/mol. The minimum Gasteiger partial charge on any atom is -1.00 e. The van der Waals surface area contributed by atoms with Gasteiger partial charge in [-0.05, 0) is 78.9 Å². The van der Waals surface area contributed by atoms with E-state index < -0.39 is 6.04 Å². The zero-order valence-electron chi connectivity index (χ0n) is 40.2. The SMILES string of the molecule is CCC(=O)COc1ccc(C(N)c2ccc(OC)cc2OC)cc1.CCC(=O)COc1ccc(C(NC(=O)CCCCCCCCCC[N+](C)(C)C)c2ccc(OC)cc2OC)cc1.[Br-]. The van der Waals surface area contributed by atoms with Crippen molar-refractivity contribution in [3.05, 3.63) is 107 Å². The fourth-order valence-corrected chi connectivity index (χ4v) is 6.88. The van der Waals surface area contributed by atoms with Crippen LogP contribution in [0.5, 0.6) is 34.5 Å². The maximum Gasteiger partial charge on any atom is 0.220 e. The third-order valence-corrected chi connectivity index (χ3v) is 10.9. The summed E-state index contributed by atoms with van der Waals surface area (Å²) in [6.45, 7) is 5.01. The van der Waals surface area contributed by atoms with Gasteiger partial charge in [-0.25, -0.2) is 0 Å². The number of hydrogen-bond acceptors (Lipinski definition) is 10. The molecular formula is C52H74BrN3O9. The second-order valence-electron chi connectivity index (χ2n) is 16.8. The second-order valence-corrected chi connectivity index (χ2v) is 16.8. The van der Waals surface area contributed by atoms with Crippen LogP contribution in [0, 0.1) is 0 Å². The van der Waals surface area contributed by atoms with E-state index in [-0.39, 0.29) is 53.7 Å². The van der Waals surface area contributed by atoms with Crippen molar-refractivity contribution in [1.82, 2.24) is 5.32 Å². The summed E-state index contributed by atoms with van der Waals surface area (Å²) in [6, 6.07) is 25.3. The fraction of sp³-hybridized carbons (Fsp3) is 0.481. The molecule has 0 saturated carbocycles. The topological polar surface area (TPSA) is 145 Å². The molecule has 1 amide bonds. The van der Waals surface area contributed by atoms with Gasteiger partial charge in [0.05, 0.1) is 68.2 Å². The predicted octanol–water partition coefficient (Wildman–Crippen LogP) is 6.60. The van der Waals surface area contributed by atoms with Crippen molar-refractivity contribution in [3.63, 3.8) is 0 Å². The van der Waals surface area contributed by atoms with Gasteiger partial charge in [0.15, 0.2) is 11.6 Å². The second kappa shape index (κ2) is 30.2. The molecule has 0 saturated heterocycles. The smallest absolute Gasteiger partial charge is 0.220 e. The van der Waals surface area contributed by atoms with E-state index in [1.54, 1.807) is 28.4 Å². The van der Waals surface area contributed by atoms with E-state index in [9.17, 15) is 14.4 Å².